The number of likely N-dealkylation sites (N-methyl/N-ethyl adjacent to an activating group) is 1. The van der Waals surface area contributed by atoms with Gasteiger partial charge in [-0.1, -0.05) is 6.07 Å². The summed E-state index contributed by atoms with van der Waals surface area (Å²) in [5, 5.41) is 3.90. The SMILES string of the molecule is CCOc1ccc(NC(=O)CC2C(=O)N(C)C(=S)N2NC(=O)c2cccc(F)c2)cc1. The first-order valence-electron chi connectivity index (χ1n) is 9.50. The molecule has 0 bridgehead atoms. The van der Waals surface area contributed by atoms with Gasteiger partial charge in [-0.15, -0.1) is 0 Å². The molecule has 0 spiro atoms. The summed E-state index contributed by atoms with van der Waals surface area (Å²) < 4.78 is 18.8. The number of carbonyl (C=O) groups excluding carboxylic acids is 3. The fourth-order valence-corrected chi connectivity index (χ4v) is 3.28. The van der Waals surface area contributed by atoms with Crippen LogP contribution in [0, 0.1) is 5.82 Å². The van der Waals surface area contributed by atoms with Gasteiger partial charge in [0.15, 0.2) is 5.11 Å². The number of hydrogen-bond acceptors (Lipinski definition) is 5. The molecule has 2 aromatic rings. The summed E-state index contributed by atoms with van der Waals surface area (Å²) in [6.45, 7) is 2.40. The zero-order valence-electron chi connectivity index (χ0n) is 16.9. The molecular weight excluding hydrogens is 423 g/mol. The second kappa shape index (κ2) is 9.52. The zero-order chi connectivity index (χ0) is 22.5. The van der Waals surface area contributed by atoms with Gasteiger partial charge in [-0.25, -0.2) is 9.40 Å². The van der Waals surface area contributed by atoms with Gasteiger partial charge in [0.25, 0.3) is 11.8 Å². The molecule has 10 heteroatoms. The Kier molecular flexibility index (Phi) is 6.81. The van der Waals surface area contributed by atoms with Crippen LogP contribution in [0.3, 0.4) is 0 Å². The molecule has 8 nitrogen and oxygen atoms in total. The van der Waals surface area contributed by atoms with Crippen molar-refractivity contribution >= 4 is 40.7 Å². The third kappa shape index (κ3) is 5.15. The Bertz CT molecular complexity index is 1010. The highest BCUT2D eigenvalue weighted by atomic mass is 32.1. The maximum atomic E-state index is 13.4. The first kappa shape index (κ1) is 22.2. The molecule has 1 aliphatic heterocycles. The van der Waals surface area contributed by atoms with Crippen LogP contribution in [0.15, 0.2) is 48.5 Å². The summed E-state index contributed by atoms with van der Waals surface area (Å²) in [5.41, 5.74) is 3.09. The van der Waals surface area contributed by atoms with E-state index < -0.39 is 29.6 Å². The van der Waals surface area contributed by atoms with Crippen molar-refractivity contribution in [1.29, 1.82) is 0 Å². The van der Waals surface area contributed by atoms with Crippen molar-refractivity contribution in [1.82, 2.24) is 15.3 Å². The molecule has 0 aromatic heterocycles. The molecule has 0 aliphatic carbocycles. The Balaban J connectivity index is 1.69. The second-order valence-electron chi connectivity index (χ2n) is 6.73. The number of hydrogen-bond donors (Lipinski definition) is 2. The second-order valence-corrected chi connectivity index (χ2v) is 7.09. The molecule has 1 fully saturated rings. The number of nitrogens with zero attached hydrogens (tertiary/aromatic N) is 2. The Labute approximate surface area is 183 Å². The number of benzene rings is 2. The molecule has 1 atom stereocenters. The highest BCUT2D eigenvalue weighted by molar-refractivity contribution is 7.80. The third-order valence-electron chi connectivity index (χ3n) is 4.56. The molecule has 1 unspecified atom stereocenters. The van der Waals surface area contributed by atoms with Crippen molar-refractivity contribution < 1.29 is 23.5 Å². The average molecular weight is 444 g/mol. The van der Waals surface area contributed by atoms with Crippen LogP contribution in [0.25, 0.3) is 0 Å². The van der Waals surface area contributed by atoms with Gasteiger partial charge in [0.2, 0.25) is 5.91 Å². The van der Waals surface area contributed by atoms with E-state index in [9.17, 15) is 18.8 Å². The molecule has 1 heterocycles. The van der Waals surface area contributed by atoms with Crippen LogP contribution >= 0.6 is 12.2 Å². The van der Waals surface area contributed by atoms with Crippen LogP contribution in [0.1, 0.15) is 23.7 Å². The molecule has 0 saturated carbocycles. The largest absolute Gasteiger partial charge is 0.494 e. The predicted octanol–water partition coefficient (Wildman–Crippen LogP) is 2.33. The monoisotopic (exact) mass is 444 g/mol. The topological polar surface area (TPSA) is 91.0 Å². The third-order valence-corrected chi connectivity index (χ3v) is 5.03. The molecule has 1 aliphatic rings. The van der Waals surface area contributed by atoms with Crippen molar-refractivity contribution in [3.63, 3.8) is 0 Å². The van der Waals surface area contributed by atoms with Gasteiger partial charge in [-0.3, -0.25) is 24.7 Å². The van der Waals surface area contributed by atoms with Gasteiger partial charge in [-0.05, 0) is 61.6 Å². The number of hydrazine groups is 1. The van der Waals surface area contributed by atoms with Gasteiger partial charge in [0, 0.05) is 18.3 Å². The molecular formula is C21H21FN4O4S. The Hall–Kier alpha value is -3.53. The van der Waals surface area contributed by atoms with E-state index in [0.29, 0.717) is 18.0 Å². The van der Waals surface area contributed by atoms with E-state index in [4.69, 9.17) is 17.0 Å². The van der Waals surface area contributed by atoms with Gasteiger partial charge < -0.3 is 10.1 Å². The molecule has 162 valence electrons. The summed E-state index contributed by atoms with van der Waals surface area (Å²) in [4.78, 5) is 38.8. The lowest BCUT2D eigenvalue weighted by Gasteiger charge is -2.24. The summed E-state index contributed by atoms with van der Waals surface area (Å²) in [6, 6.07) is 10.9. The van der Waals surface area contributed by atoms with Crippen molar-refractivity contribution in [3.05, 3.63) is 59.9 Å². The number of amides is 3. The molecule has 2 aromatic carbocycles. The van der Waals surface area contributed by atoms with Gasteiger partial charge in [-0.2, -0.15) is 0 Å². The van der Waals surface area contributed by atoms with Crippen molar-refractivity contribution in [2.24, 2.45) is 0 Å². The standard InChI is InChI=1S/C21H21FN4O4S/c1-3-30-16-9-7-15(8-10-16)23-18(27)12-17-20(29)25(2)21(31)26(17)24-19(28)13-5-4-6-14(22)11-13/h4-11,17H,3,12H2,1-2H3,(H,23,27)(H,24,28). The first-order valence-corrected chi connectivity index (χ1v) is 9.91. The highest BCUT2D eigenvalue weighted by Gasteiger charge is 2.42. The summed E-state index contributed by atoms with van der Waals surface area (Å²) in [5.74, 6) is -1.43. The lowest BCUT2D eigenvalue weighted by atomic mass is 10.2. The van der Waals surface area contributed by atoms with Crippen molar-refractivity contribution in [2.75, 3.05) is 19.0 Å². The van der Waals surface area contributed by atoms with E-state index in [0.717, 1.165) is 11.1 Å². The van der Waals surface area contributed by atoms with Gasteiger partial charge in [0.1, 0.15) is 17.6 Å². The Morgan fingerprint density at radius 1 is 1.19 bits per heavy atom. The fourth-order valence-electron chi connectivity index (χ4n) is 3.02. The fraction of sp³-hybridized carbons (Fsp3) is 0.238. The Morgan fingerprint density at radius 3 is 2.55 bits per heavy atom. The van der Waals surface area contributed by atoms with E-state index in [1.54, 1.807) is 24.3 Å². The molecule has 2 N–H and O–H groups in total. The number of carbonyl (C=O) groups is 3. The number of thiocarbonyl (C=S) groups is 1. The van der Waals surface area contributed by atoms with Gasteiger partial charge in [0.05, 0.1) is 13.0 Å². The molecule has 1 saturated heterocycles. The Morgan fingerprint density at radius 2 is 1.90 bits per heavy atom. The normalized spacial score (nSPS) is 15.8. The highest BCUT2D eigenvalue weighted by Crippen LogP contribution is 2.20. The number of rotatable bonds is 7. The summed E-state index contributed by atoms with van der Waals surface area (Å²) in [7, 11) is 1.45. The number of anilines is 1. The van der Waals surface area contributed by atoms with Crippen LogP contribution < -0.4 is 15.5 Å². The maximum absolute atomic E-state index is 13.4. The minimum atomic E-state index is -1.03. The lowest BCUT2D eigenvalue weighted by Crippen LogP contribution is -2.49. The van der Waals surface area contributed by atoms with E-state index in [-0.39, 0.29) is 17.1 Å². The van der Waals surface area contributed by atoms with Gasteiger partial charge >= 0.3 is 0 Å². The quantitative estimate of drug-likeness (QED) is 0.637. The van der Waals surface area contributed by atoms with E-state index in [1.807, 2.05) is 6.92 Å². The number of ether oxygens (including phenoxy) is 1. The molecule has 31 heavy (non-hydrogen) atoms. The minimum Gasteiger partial charge on any atom is -0.494 e. The van der Waals surface area contributed by atoms with Crippen LogP contribution in [0.5, 0.6) is 5.75 Å². The number of nitrogens with one attached hydrogen (secondary N) is 2. The minimum absolute atomic E-state index is 0.0358. The molecule has 0 radical (unpaired) electrons. The zero-order valence-corrected chi connectivity index (χ0v) is 17.7. The lowest BCUT2D eigenvalue weighted by molar-refractivity contribution is -0.130. The van der Waals surface area contributed by atoms with Crippen LogP contribution in [-0.4, -0.2) is 52.4 Å². The maximum Gasteiger partial charge on any atom is 0.269 e. The average Bonchev–Trinajstić information content (AvgIpc) is 2.93. The smallest absolute Gasteiger partial charge is 0.269 e. The molecule has 3 rings (SSSR count). The summed E-state index contributed by atoms with van der Waals surface area (Å²) in [6.07, 6.45) is -0.250. The summed E-state index contributed by atoms with van der Waals surface area (Å²) >= 11 is 5.23. The first-order chi connectivity index (χ1) is 14.8. The van der Waals surface area contributed by atoms with Crippen LogP contribution in [0.2, 0.25) is 0 Å². The van der Waals surface area contributed by atoms with E-state index in [2.05, 4.69) is 10.7 Å². The van der Waals surface area contributed by atoms with Crippen molar-refractivity contribution in [3.8, 4) is 5.75 Å². The van der Waals surface area contributed by atoms with Crippen LogP contribution in [0.4, 0.5) is 10.1 Å². The number of halogens is 1. The van der Waals surface area contributed by atoms with Crippen molar-refractivity contribution in [2.45, 2.75) is 19.4 Å². The predicted molar refractivity (Wildman–Crippen MR) is 116 cm³/mol. The van der Waals surface area contributed by atoms with E-state index >= 15 is 0 Å². The van der Waals surface area contributed by atoms with Crippen LogP contribution in [-0.2, 0) is 9.59 Å². The molecule has 3 amide bonds. The van der Waals surface area contributed by atoms with E-state index in [1.165, 1.54) is 30.1 Å².